The Labute approximate surface area is 164 Å². The third-order valence-electron chi connectivity index (χ3n) is 5.04. The maximum absolute atomic E-state index is 12.9. The van der Waals surface area contributed by atoms with Gasteiger partial charge in [0, 0.05) is 31.4 Å². The molecule has 0 bridgehead atoms. The highest BCUT2D eigenvalue weighted by Crippen LogP contribution is 2.36. The highest BCUT2D eigenvalue weighted by atomic mass is 35.5. The summed E-state index contributed by atoms with van der Waals surface area (Å²) in [5.41, 5.74) is 0.704. The van der Waals surface area contributed by atoms with E-state index >= 15 is 0 Å². The van der Waals surface area contributed by atoms with Crippen LogP contribution in [0.1, 0.15) is 35.8 Å². The number of carbonyl (C=O) groups excluding carboxylic acids is 2. The lowest BCUT2D eigenvalue weighted by Gasteiger charge is -2.41. The highest BCUT2D eigenvalue weighted by molar-refractivity contribution is 6.30. The Kier molecular flexibility index (Phi) is 5.85. The molecular formula is C20H24ClN3O3. The fraction of sp³-hybridized carbons (Fsp3) is 0.450. The molecule has 1 atom stereocenters. The molecule has 7 heteroatoms. The van der Waals surface area contributed by atoms with Crippen molar-refractivity contribution >= 4 is 23.5 Å². The van der Waals surface area contributed by atoms with Crippen molar-refractivity contribution in [2.75, 3.05) is 19.7 Å². The molecule has 1 aliphatic rings. The standard InChI is InChI=1S/C20H24ClN3O3/c1-3-27-19(26)20(13-15-6-4-7-16(21)12-15)9-5-11-24(14-20)18(25)17-8-10-22-23(17)2/h4,6-8,10,12H,3,5,9,11,13-14H2,1-2H3/t20-/m1/s1. The third kappa shape index (κ3) is 4.16. The van der Waals surface area contributed by atoms with Gasteiger partial charge in [-0.2, -0.15) is 5.10 Å². The van der Waals surface area contributed by atoms with Crippen molar-refractivity contribution in [3.8, 4) is 0 Å². The number of esters is 1. The fourth-order valence-electron chi connectivity index (χ4n) is 3.76. The first-order valence-corrected chi connectivity index (χ1v) is 9.52. The van der Waals surface area contributed by atoms with Gasteiger partial charge in [0.05, 0.1) is 12.0 Å². The van der Waals surface area contributed by atoms with E-state index in [4.69, 9.17) is 16.3 Å². The van der Waals surface area contributed by atoms with E-state index in [1.807, 2.05) is 18.2 Å². The number of rotatable bonds is 5. The van der Waals surface area contributed by atoms with E-state index in [0.29, 0.717) is 43.3 Å². The van der Waals surface area contributed by atoms with Crippen LogP contribution < -0.4 is 0 Å². The van der Waals surface area contributed by atoms with Gasteiger partial charge in [0.1, 0.15) is 5.69 Å². The Balaban J connectivity index is 1.89. The molecule has 1 amide bonds. The van der Waals surface area contributed by atoms with Gasteiger partial charge in [0.2, 0.25) is 0 Å². The van der Waals surface area contributed by atoms with Gasteiger partial charge >= 0.3 is 5.97 Å². The Bertz CT molecular complexity index is 835. The van der Waals surface area contributed by atoms with Crippen LogP contribution in [0, 0.1) is 5.41 Å². The van der Waals surface area contributed by atoms with E-state index in [-0.39, 0.29) is 11.9 Å². The molecule has 1 aromatic heterocycles. The molecule has 0 N–H and O–H groups in total. The summed E-state index contributed by atoms with van der Waals surface area (Å²) < 4.78 is 6.96. The van der Waals surface area contributed by atoms with Crippen molar-refractivity contribution in [1.29, 1.82) is 0 Å². The fourth-order valence-corrected chi connectivity index (χ4v) is 3.97. The van der Waals surface area contributed by atoms with Gasteiger partial charge < -0.3 is 9.64 Å². The number of aromatic nitrogens is 2. The van der Waals surface area contributed by atoms with Crippen molar-refractivity contribution in [2.45, 2.75) is 26.2 Å². The van der Waals surface area contributed by atoms with E-state index < -0.39 is 5.41 Å². The predicted octanol–water partition coefficient (Wildman–Crippen LogP) is 3.10. The van der Waals surface area contributed by atoms with Crippen molar-refractivity contribution in [1.82, 2.24) is 14.7 Å². The summed E-state index contributed by atoms with van der Waals surface area (Å²) >= 11 is 6.12. The molecule has 27 heavy (non-hydrogen) atoms. The van der Waals surface area contributed by atoms with E-state index in [2.05, 4.69) is 5.10 Å². The average Bonchev–Trinajstić information content (AvgIpc) is 3.07. The molecule has 2 aromatic rings. The number of likely N-dealkylation sites (tertiary alicyclic amines) is 1. The molecule has 144 valence electrons. The first-order valence-electron chi connectivity index (χ1n) is 9.14. The first-order chi connectivity index (χ1) is 12.9. The van der Waals surface area contributed by atoms with Crippen molar-refractivity contribution in [3.05, 3.63) is 52.8 Å². The van der Waals surface area contributed by atoms with Gasteiger partial charge in [0.15, 0.2) is 0 Å². The maximum atomic E-state index is 12.9. The summed E-state index contributed by atoms with van der Waals surface area (Å²) in [6.07, 6.45) is 3.50. The summed E-state index contributed by atoms with van der Waals surface area (Å²) in [7, 11) is 1.74. The maximum Gasteiger partial charge on any atom is 0.314 e. The minimum absolute atomic E-state index is 0.116. The normalized spacial score (nSPS) is 19.7. The number of hydrogen-bond acceptors (Lipinski definition) is 4. The molecule has 2 heterocycles. The molecule has 0 spiro atoms. The molecule has 6 nitrogen and oxygen atoms in total. The largest absolute Gasteiger partial charge is 0.466 e. The summed E-state index contributed by atoms with van der Waals surface area (Å²) in [6.45, 7) is 3.04. The average molecular weight is 390 g/mol. The molecular weight excluding hydrogens is 366 g/mol. The highest BCUT2D eigenvalue weighted by Gasteiger charge is 2.45. The summed E-state index contributed by atoms with van der Waals surface area (Å²) in [5, 5.41) is 4.70. The van der Waals surface area contributed by atoms with E-state index in [1.54, 1.807) is 41.9 Å². The molecule has 1 saturated heterocycles. The van der Waals surface area contributed by atoms with Crippen molar-refractivity contribution < 1.29 is 14.3 Å². The quantitative estimate of drug-likeness (QED) is 0.737. The Hall–Kier alpha value is -2.34. The van der Waals surface area contributed by atoms with Crippen LogP contribution in [0.5, 0.6) is 0 Å². The number of amides is 1. The van der Waals surface area contributed by atoms with E-state index in [0.717, 1.165) is 12.0 Å². The number of ether oxygens (including phenoxy) is 1. The second-order valence-corrected chi connectivity index (χ2v) is 7.41. The second-order valence-electron chi connectivity index (χ2n) is 6.98. The van der Waals surface area contributed by atoms with E-state index in [1.165, 1.54) is 0 Å². The van der Waals surface area contributed by atoms with Gasteiger partial charge in [-0.15, -0.1) is 0 Å². The van der Waals surface area contributed by atoms with Crippen molar-refractivity contribution in [3.63, 3.8) is 0 Å². The minimum Gasteiger partial charge on any atom is -0.466 e. The molecule has 1 fully saturated rings. The van der Waals surface area contributed by atoms with Crippen LogP contribution in [-0.2, 0) is 23.0 Å². The van der Waals surface area contributed by atoms with Gasteiger partial charge in [-0.1, -0.05) is 23.7 Å². The van der Waals surface area contributed by atoms with Gasteiger partial charge in [-0.05, 0) is 49.9 Å². The van der Waals surface area contributed by atoms with Gasteiger partial charge in [-0.25, -0.2) is 0 Å². The van der Waals surface area contributed by atoms with Crippen LogP contribution in [0.15, 0.2) is 36.5 Å². The second kappa shape index (κ2) is 8.13. The van der Waals surface area contributed by atoms with E-state index in [9.17, 15) is 9.59 Å². The molecule has 0 unspecified atom stereocenters. The monoisotopic (exact) mass is 389 g/mol. The SMILES string of the molecule is CCOC(=O)[C@@]1(Cc2cccc(Cl)c2)CCCN(C(=O)c2ccnn2C)C1. The van der Waals surface area contributed by atoms with Crippen LogP contribution >= 0.6 is 11.6 Å². The van der Waals surface area contributed by atoms with Crippen LogP contribution in [0.25, 0.3) is 0 Å². The summed E-state index contributed by atoms with van der Waals surface area (Å²) in [4.78, 5) is 27.6. The molecule has 1 aromatic carbocycles. The lowest BCUT2D eigenvalue weighted by Crippen LogP contribution is -2.52. The van der Waals surface area contributed by atoms with Crippen LogP contribution in [0.4, 0.5) is 0 Å². The number of aryl methyl sites for hydroxylation is 1. The van der Waals surface area contributed by atoms with Crippen molar-refractivity contribution in [2.24, 2.45) is 12.5 Å². The predicted molar refractivity (Wildman–Crippen MR) is 103 cm³/mol. The zero-order valence-corrected chi connectivity index (χ0v) is 16.4. The molecule has 3 rings (SSSR count). The number of benzene rings is 1. The number of nitrogens with zero attached hydrogens (tertiary/aromatic N) is 3. The molecule has 0 aliphatic carbocycles. The Morgan fingerprint density at radius 1 is 1.33 bits per heavy atom. The summed E-state index contributed by atoms with van der Waals surface area (Å²) in [6, 6.07) is 9.19. The summed E-state index contributed by atoms with van der Waals surface area (Å²) in [5.74, 6) is -0.373. The zero-order valence-electron chi connectivity index (χ0n) is 15.7. The van der Waals surface area contributed by atoms with Crippen LogP contribution in [0.2, 0.25) is 5.02 Å². The number of piperidine rings is 1. The minimum atomic E-state index is -0.771. The number of carbonyl (C=O) groups is 2. The topological polar surface area (TPSA) is 64.4 Å². The Morgan fingerprint density at radius 3 is 2.81 bits per heavy atom. The van der Waals surface area contributed by atoms with Crippen LogP contribution in [0.3, 0.4) is 0 Å². The van der Waals surface area contributed by atoms with Crippen LogP contribution in [-0.4, -0.2) is 46.3 Å². The molecule has 1 aliphatic heterocycles. The third-order valence-corrected chi connectivity index (χ3v) is 5.28. The molecule has 0 radical (unpaired) electrons. The smallest absolute Gasteiger partial charge is 0.314 e. The number of hydrogen-bond donors (Lipinski definition) is 0. The Morgan fingerprint density at radius 2 is 2.15 bits per heavy atom. The zero-order chi connectivity index (χ0) is 19.4. The molecule has 0 saturated carbocycles. The lowest BCUT2D eigenvalue weighted by atomic mass is 9.75. The van der Waals surface area contributed by atoms with Gasteiger partial charge in [-0.3, -0.25) is 14.3 Å². The lowest BCUT2D eigenvalue weighted by molar-refractivity contribution is -0.158. The first kappa shape index (κ1) is 19.4. The number of halogens is 1. The van der Waals surface area contributed by atoms with Gasteiger partial charge in [0.25, 0.3) is 5.91 Å².